The number of halogens is 1. The van der Waals surface area contributed by atoms with Gasteiger partial charge >= 0.3 is 0 Å². The highest BCUT2D eigenvalue weighted by Gasteiger charge is 2.43. The molecule has 2 unspecified atom stereocenters. The lowest BCUT2D eigenvalue weighted by Gasteiger charge is -2.27. The van der Waals surface area contributed by atoms with Gasteiger partial charge in [-0.05, 0) is 56.5 Å². The summed E-state index contributed by atoms with van der Waals surface area (Å²) in [6.07, 6.45) is 2.85. The van der Waals surface area contributed by atoms with Gasteiger partial charge in [0.25, 0.3) is 0 Å². The van der Waals surface area contributed by atoms with E-state index in [4.69, 9.17) is 0 Å². The molecule has 0 aliphatic carbocycles. The molecule has 2 aliphatic heterocycles. The summed E-state index contributed by atoms with van der Waals surface area (Å²) in [6, 6.07) is 5.65. The normalized spacial score (nSPS) is 27.5. The van der Waals surface area contributed by atoms with Crippen LogP contribution in [0.1, 0.15) is 24.8 Å². The molecule has 2 heterocycles. The van der Waals surface area contributed by atoms with Gasteiger partial charge in [0.2, 0.25) is 10.0 Å². The number of aryl methyl sites for hydroxylation is 1. The first kappa shape index (κ1) is 14.5. The van der Waals surface area contributed by atoms with Crippen molar-refractivity contribution in [2.45, 2.75) is 43.2 Å². The number of rotatable bonds is 2. The van der Waals surface area contributed by atoms with E-state index in [0.717, 1.165) is 42.4 Å². The van der Waals surface area contributed by atoms with Crippen LogP contribution in [-0.4, -0.2) is 37.9 Å². The molecular formula is C14H19BrN2O2S. The highest BCUT2D eigenvalue weighted by Crippen LogP contribution is 2.34. The summed E-state index contributed by atoms with van der Waals surface area (Å²) in [4.78, 5) is 0.406. The van der Waals surface area contributed by atoms with E-state index in [-0.39, 0.29) is 12.1 Å². The second-order valence-corrected chi connectivity index (χ2v) is 8.44. The maximum Gasteiger partial charge on any atom is 0.243 e. The number of nitrogens with zero attached hydrogens (tertiary/aromatic N) is 1. The van der Waals surface area contributed by atoms with Gasteiger partial charge in [-0.15, -0.1) is 0 Å². The van der Waals surface area contributed by atoms with Crippen molar-refractivity contribution >= 4 is 26.0 Å². The van der Waals surface area contributed by atoms with Crippen LogP contribution < -0.4 is 5.32 Å². The zero-order valence-electron chi connectivity index (χ0n) is 11.5. The van der Waals surface area contributed by atoms with Crippen molar-refractivity contribution in [3.63, 3.8) is 0 Å². The molecule has 1 aromatic carbocycles. The predicted octanol–water partition coefficient (Wildman–Crippen LogP) is 2.27. The zero-order chi connectivity index (χ0) is 14.3. The quantitative estimate of drug-likeness (QED) is 0.882. The molecule has 0 spiro atoms. The first-order chi connectivity index (χ1) is 9.48. The van der Waals surface area contributed by atoms with E-state index < -0.39 is 10.0 Å². The standard InChI is InChI=1S/C14H19BrN2O2S/c1-10-6-11(15)8-14(7-10)20(18,19)17-12-2-3-13(17)9-16-5-4-12/h6-8,12-13,16H,2-5,9H2,1H3. The highest BCUT2D eigenvalue weighted by atomic mass is 79.9. The third-order valence-electron chi connectivity index (χ3n) is 4.18. The summed E-state index contributed by atoms with van der Waals surface area (Å²) in [6.45, 7) is 3.59. The Kier molecular flexibility index (Phi) is 3.92. The molecule has 2 bridgehead atoms. The Labute approximate surface area is 128 Å². The van der Waals surface area contributed by atoms with Gasteiger partial charge in [-0.25, -0.2) is 8.42 Å². The van der Waals surface area contributed by atoms with Crippen molar-refractivity contribution in [2.24, 2.45) is 0 Å². The van der Waals surface area contributed by atoms with Crippen molar-refractivity contribution in [1.82, 2.24) is 9.62 Å². The van der Waals surface area contributed by atoms with Crippen LogP contribution in [0.5, 0.6) is 0 Å². The van der Waals surface area contributed by atoms with E-state index in [1.54, 1.807) is 16.4 Å². The summed E-state index contributed by atoms with van der Waals surface area (Å²) in [7, 11) is -3.40. The van der Waals surface area contributed by atoms with Gasteiger partial charge in [-0.3, -0.25) is 0 Å². The minimum atomic E-state index is -3.40. The van der Waals surface area contributed by atoms with E-state index in [1.807, 2.05) is 13.0 Å². The van der Waals surface area contributed by atoms with Crippen molar-refractivity contribution in [2.75, 3.05) is 13.1 Å². The summed E-state index contributed by atoms with van der Waals surface area (Å²) in [5.41, 5.74) is 0.957. The molecule has 4 nitrogen and oxygen atoms in total. The van der Waals surface area contributed by atoms with Gasteiger partial charge in [0.15, 0.2) is 0 Å². The smallest absolute Gasteiger partial charge is 0.243 e. The number of hydrogen-bond donors (Lipinski definition) is 1. The van der Waals surface area contributed by atoms with E-state index in [1.165, 1.54) is 0 Å². The van der Waals surface area contributed by atoms with Crippen LogP contribution in [0.2, 0.25) is 0 Å². The molecule has 20 heavy (non-hydrogen) atoms. The average molecular weight is 359 g/mol. The molecule has 3 rings (SSSR count). The molecule has 2 saturated heterocycles. The van der Waals surface area contributed by atoms with Gasteiger partial charge in [0, 0.05) is 23.1 Å². The Balaban J connectivity index is 2.03. The van der Waals surface area contributed by atoms with Crippen LogP contribution in [-0.2, 0) is 10.0 Å². The Morgan fingerprint density at radius 1 is 1.20 bits per heavy atom. The minimum absolute atomic E-state index is 0.104. The first-order valence-electron chi connectivity index (χ1n) is 7.00. The second-order valence-electron chi connectivity index (χ2n) is 5.68. The van der Waals surface area contributed by atoms with Gasteiger partial charge in [0.1, 0.15) is 0 Å². The molecular weight excluding hydrogens is 340 g/mol. The Hall–Kier alpha value is -0.430. The third kappa shape index (κ3) is 2.54. The van der Waals surface area contributed by atoms with Gasteiger partial charge < -0.3 is 5.32 Å². The molecule has 1 N–H and O–H groups in total. The molecule has 2 atom stereocenters. The van der Waals surface area contributed by atoms with Crippen molar-refractivity contribution in [3.05, 3.63) is 28.2 Å². The minimum Gasteiger partial charge on any atom is -0.315 e. The summed E-state index contributed by atoms with van der Waals surface area (Å²) < 4.78 is 28.5. The predicted molar refractivity (Wildman–Crippen MR) is 82.2 cm³/mol. The maximum absolute atomic E-state index is 13.0. The zero-order valence-corrected chi connectivity index (χ0v) is 13.9. The number of benzene rings is 1. The van der Waals surface area contributed by atoms with Crippen LogP contribution in [0.4, 0.5) is 0 Å². The Bertz CT molecular complexity index is 583. The van der Waals surface area contributed by atoms with E-state index in [0.29, 0.717) is 4.90 Å². The molecule has 2 fully saturated rings. The van der Waals surface area contributed by atoms with Crippen molar-refractivity contribution in [1.29, 1.82) is 0 Å². The van der Waals surface area contributed by atoms with Crippen LogP contribution in [0.3, 0.4) is 0 Å². The number of fused-ring (bicyclic) bond motifs is 2. The van der Waals surface area contributed by atoms with Gasteiger partial charge in [-0.1, -0.05) is 15.9 Å². The lowest BCUT2D eigenvalue weighted by atomic mass is 10.1. The molecule has 0 radical (unpaired) electrons. The summed E-state index contributed by atoms with van der Waals surface area (Å²) in [5, 5.41) is 3.34. The Morgan fingerprint density at radius 3 is 2.70 bits per heavy atom. The van der Waals surface area contributed by atoms with E-state index in [9.17, 15) is 8.42 Å². The largest absolute Gasteiger partial charge is 0.315 e. The van der Waals surface area contributed by atoms with E-state index >= 15 is 0 Å². The van der Waals surface area contributed by atoms with Crippen molar-refractivity contribution in [3.8, 4) is 0 Å². The fraction of sp³-hybridized carbons (Fsp3) is 0.571. The van der Waals surface area contributed by atoms with Crippen LogP contribution in [0.15, 0.2) is 27.6 Å². The fourth-order valence-corrected chi connectivity index (χ4v) is 6.09. The highest BCUT2D eigenvalue weighted by molar-refractivity contribution is 9.10. The van der Waals surface area contributed by atoms with Gasteiger partial charge in [0.05, 0.1) is 4.90 Å². The van der Waals surface area contributed by atoms with Crippen LogP contribution in [0, 0.1) is 6.92 Å². The molecule has 1 aromatic rings. The SMILES string of the molecule is Cc1cc(Br)cc(S(=O)(=O)N2C3CCNCC2CC3)c1. The number of hydrogen-bond acceptors (Lipinski definition) is 3. The molecule has 2 aliphatic rings. The van der Waals surface area contributed by atoms with Crippen LogP contribution >= 0.6 is 15.9 Å². The molecule has 0 amide bonds. The van der Waals surface area contributed by atoms with Crippen molar-refractivity contribution < 1.29 is 8.42 Å². The summed E-state index contributed by atoms with van der Waals surface area (Å²) >= 11 is 3.40. The maximum atomic E-state index is 13.0. The average Bonchev–Trinajstić information content (AvgIpc) is 2.62. The first-order valence-corrected chi connectivity index (χ1v) is 9.23. The molecule has 6 heteroatoms. The number of sulfonamides is 1. The molecule has 0 aromatic heterocycles. The number of nitrogens with one attached hydrogen (secondary N) is 1. The lowest BCUT2D eigenvalue weighted by molar-refractivity contribution is 0.334. The van der Waals surface area contributed by atoms with Gasteiger partial charge in [-0.2, -0.15) is 4.31 Å². The third-order valence-corrected chi connectivity index (χ3v) is 6.62. The lowest BCUT2D eigenvalue weighted by Crippen LogP contribution is -2.42. The molecule has 110 valence electrons. The van der Waals surface area contributed by atoms with Crippen LogP contribution in [0.25, 0.3) is 0 Å². The topological polar surface area (TPSA) is 49.4 Å². The monoisotopic (exact) mass is 358 g/mol. The van der Waals surface area contributed by atoms with E-state index in [2.05, 4.69) is 21.2 Å². The Morgan fingerprint density at radius 2 is 1.95 bits per heavy atom. The second kappa shape index (κ2) is 5.40. The summed E-state index contributed by atoms with van der Waals surface area (Å²) in [5.74, 6) is 0. The fourth-order valence-electron chi connectivity index (χ4n) is 3.30. The molecule has 0 saturated carbocycles.